The Balaban J connectivity index is 1.11. The van der Waals surface area contributed by atoms with Gasteiger partial charge in [0.2, 0.25) is 11.8 Å². The Morgan fingerprint density at radius 3 is 2.24 bits per heavy atom. The van der Waals surface area contributed by atoms with Gasteiger partial charge < -0.3 is 30.1 Å². The molecule has 3 saturated heterocycles. The van der Waals surface area contributed by atoms with Crippen LogP contribution in [0.3, 0.4) is 0 Å². The van der Waals surface area contributed by atoms with Gasteiger partial charge in [-0.15, -0.1) is 0 Å². The van der Waals surface area contributed by atoms with Crippen LogP contribution in [-0.2, 0) is 37.0 Å². The minimum Gasteiger partial charge on any atom is -0.392 e. The van der Waals surface area contributed by atoms with Gasteiger partial charge in [-0.3, -0.25) is 19.3 Å². The third-order valence-corrected chi connectivity index (χ3v) is 12.3. The third-order valence-electron chi connectivity index (χ3n) is 12.3. The van der Waals surface area contributed by atoms with Crippen molar-refractivity contribution >= 4 is 17.7 Å². The van der Waals surface area contributed by atoms with Crippen molar-refractivity contribution in [3.63, 3.8) is 0 Å². The van der Waals surface area contributed by atoms with E-state index in [1.165, 1.54) is 12.8 Å². The Labute approximate surface area is 344 Å². The van der Waals surface area contributed by atoms with Gasteiger partial charge in [-0.1, -0.05) is 73.5 Å². The van der Waals surface area contributed by atoms with Crippen molar-refractivity contribution in [2.45, 2.75) is 140 Å². The topological polar surface area (TPSA) is 120 Å². The number of ether oxygens (including phenoxy) is 2. The summed E-state index contributed by atoms with van der Waals surface area (Å²) in [6.07, 6.45) is 1.23. The number of aliphatic hydroxyl groups is 1. The van der Waals surface area contributed by atoms with E-state index in [1.807, 2.05) is 93.6 Å². The van der Waals surface area contributed by atoms with Gasteiger partial charge >= 0.3 is 12.1 Å². The Morgan fingerprint density at radius 2 is 1.51 bits per heavy atom. The summed E-state index contributed by atoms with van der Waals surface area (Å²) in [6.45, 7) is 6.55. The van der Waals surface area contributed by atoms with E-state index in [-0.39, 0.29) is 55.8 Å². The molecule has 10 nitrogen and oxygen atoms in total. The molecule has 3 amide bonds. The molecule has 7 rings (SSSR count). The van der Waals surface area contributed by atoms with Crippen LogP contribution in [0.1, 0.15) is 113 Å². The van der Waals surface area contributed by atoms with E-state index in [0.717, 1.165) is 59.1 Å². The standard InChI is InChI=1S/C46H57F3N4O6/c1-45(2,3)51-42(56)39-21-20-31-10-4-5-14-37(31)53(39)27-36-25-40(32-18-16-29(28-54)17-19-32)59-43(58-36)35-13-7-12-34(24-35)33-11-6-9-30(23-33)26-50-41(55)38-15-8-22-52(38)44(57)46(47,48)49/h6-7,9,11-13,16-19,23-24,31,36-40,43,54H,4-5,8,10,14-15,20-22,25-28H2,1-3H3,(H,50,55)(H,51,56). The van der Waals surface area contributed by atoms with Crippen molar-refractivity contribution in [1.29, 1.82) is 0 Å². The van der Waals surface area contributed by atoms with Gasteiger partial charge in [0.1, 0.15) is 6.04 Å². The number of aliphatic hydroxyl groups excluding tert-OH is 1. The molecule has 4 fully saturated rings. The summed E-state index contributed by atoms with van der Waals surface area (Å²) in [5.74, 6) is -1.99. The number of alkyl halides is 3. The van der Waals surface area contributed by atoms with Crippen LogP contribution in [0, 0.1) is 5.92 Å². The molecule has 0 spiro atoms. The number of nitrogens with one attached hydrogen (secondary N) is 2. The molecule has 0 bridgehead atoms. The van der Waals surface area contributed by atoms with Crippen LogP contribution in [0.2, 0.25) is 0 Å². The van der Waals surface area contributed by atoms with E-state index in [4.69, 9.17) is 9.47 Å². The maximum Gasteiger partial charge on any atom is 0.471 e. The molecule has 1 aliphatic carbocycles. The highest BCUT2D eigenvalue weighted by molar-refractivity contribution is 5.90. The van der Waals surface area contributed by atoms with Crippen molar-refractivity contribution in [1.82, 2.24) is 20.4 Å². The fraction of sp³-hybridized carbons (Fsp3) is 0.543. The molecule has 7 unspecified atom stereocenters. The number of likely N-dealkylation sites (tertiary alicyclic amines) is 2. The molecular weight excluding hydrogens is 762 g/mol. The van der Waals surface area contributed by atoms with E-state index >= 15 is 0 Å². The monoisotopic (exact) mass is 818 g/mol. The molecule has 1 saturated carbocycles. The number of carbonyl (C=O) groups is 3. The number of hydrogen-bond donors (Lipinski definition) is 3. The number of carbonyl (C=O) groups excluding carboxylic acids is 3. The zero-order valence-electron chi connectivity index (χ0n) is 34.2. The highest BCUT2D eigenvalue weighted by Crippen LogP contribution is 2.42. The summed E-state index contributed by atoms with van der Waals surface area (Å²) in [5.41, 5.74) is 4.74. The molecule has 3 N–H and O–H groups in total. The highest BCUT2D eigenvalue weighted by atomic mass is 19.4. The SMILES string of the molecule is CC(C)(C)NC(=O)C1CCC2CCCCC2N1CC1CC(c2ccc(CO)cc2)OC(c2cccc(-c3cccc(CNC(=O)C4CCCN4C(=O)C(F)(F)F)c3)c2)O1. The smallest absolute Gasteiger partial charge is 0.392 e. The lowest BCUT2D eigenvalue weighted by molar-refractivity contribution is -0.255. The van der Waals surface area contributed by atoms with Crippen molar-refractivity contribution in [2.24, 2.45) is 5.92 Å². The molecule has 3 aromatic rings. The van der Waals surface area contributed by atoms with E-state index in [9.17, 15) is 32.7 Å². The second-order valence-corrected chi connectivity index (χ2v) is 17.7. The number of fused-ring (bicyclic) bond motifs is 1. The van der Waals surface area contributed by atoms with Crippen molar-refractivity contribution in [2.75, 3.05) is 13.1 Å². The molecule has 0 radical (unpaired) electrons. The normalized spacial score (nSPS) is 26.6. The molecular formula is C46H57F3N4O6. The average Bonchev–Trinajstić information content (AvgIpc) is 3.72. The lowest BCUT2D eigenvalue weighted by Gasteiger charge is -2.50. The number of piperidine rings is 1. The van der Waals surface area contributed by atoms with E-state index in [1.54, 1.807) is 0 Å². The molecule has 7 atom stereocenters. The first-order valence-corrected chi connectivity index (χ1v) is 21.1. The van der Waals surface area contributed by atoms with Gasteiger partial charge in [0, 0.05) is 43.2 Å². The van der Waals surface area contributed by atoms with Gasteiger partial charge in [0.15, 0.2) is 6.29 Å². The second-order valence-electron chi connectivity index (χ2n) is 17.7. The van der Waals surface area contributed by atoms with Crippen LogP contribution in [0.5, 0.6) is 0 Å². The number of amides is 3. The van der Waals surface area contributed by atoms with Crippen LogP contribution in [0.4, 0.5) is 13.2 Å². The second kappa shape index (κ2) is 18.1. The summed E-state index contributed by atoms with van der Waals surface area (Å²) in [5, 5.41) is 15.7. The zero-order valence-corrected chi connectivity index (χ0v) is 34.2. The average molecular weight is 819 g/mol. The van der Waals surface area contributed by atoms with Gasteiger partial charge in [-0.2, -0.15) is 13.2 Å². The molecule has 0 aromatic heterocycles. The van der Waals surface area contributed by atoms with Crippen molar-refractivity contribution in [3.8, 4) is 11.1 Å². The zero-order chi connectivity index (χ0) is 41.9. The maximum absolute atomic E-state index is 13.9. The number of rotatable bonds is 10. The molecule has 318 valence electrons. The number of benzene rings is 3. The summed E-state index contributed by atoms with van der Waals surface area (Å²) < 4.78 is 53.1. The molecule has 59 heavy (non-hydrogen) atoms. The first-order valence-electron chi connectivity index (χ1n) is 21.1. The summed E-state index contributed by atoms with van der Waals surface area (Å²) >= 11 is 0. The number of nitrogens with zero attached hydrogens (tertiary/aromatic N) is 2. The number of halogens is 3. The Hall–Kier alpha value is -4.30. The quantitative estimate of drug-likeness (QED) is 0.194. The summed E-state index contributed by atoms with van der Waals surface area (Å²) in [4.78, 5) is 41.8. The predicted octanol–water partition coefficient (Wildman–Crippen LogP) is 7.50. The Morgan fingerprint density at radius 1 is 0.780 bits per heavy atom. The predicted molar refractivity (Wildman–Crippen MR) is 216 cm³/mol. The van der Waals surface area contributed by atoms with Crippen molar-refractivity contribution < 1.29 is 42.1 Å². The molecule has 3 aromatic carbocycles. The molecule has 3 aliphatic heterocycles. The summed E-state index contributed by atoms with van der Waals surface area (Å²) in [7, 11) is 0. The first-order chi connectivity index (χ1) is 28.2. The highest BCUT2D eigenvalue weighted by Gasteiger charge is 2.48. The van der Waals surface area contributed by atoms with Crippen LogP contribution in [0.25, 0.3) is 11.1 Å². The lowest BCUT2D eigenvalue weighted by Crippen LogP contribution is -2.61. The van der Waals surface area contributed by atoms with E-state index in [0.29, 0.717) is 36.2 Å². The van der Waals surface area contributed by atoms with Crippen LogP contribution in [-0.4, -0.2) is 81.7 Å². The molecule has 3 heterocycles. The molecule has 13 heteroatoms. The van der Waals surface area contributed by atoms with Gasteiger partial charge in [-0.05, 0) is 105 Å². The Kier molecular flexibility index (Phi) is 13.2. The van der Waals surface area contributed by atoms with Gasteiger partial charge in [-0.25, -0.2) is 0 Å². The van der Waals surface area contributed by atoms with Crippen LogP contribution < -0.4 is 10.6 Å². The van der Waals surface area contributed by atoms with Crippen molar-refractivity contribution in [3.05, 3.63) is 95.1 Å². The summed E-state index contributed by atoms with van der Waals surface area (Å²) in [6, 6.07) is 22.2. The largest absolute Gasteiger partial charge is 0.471 e. The number of hydrogen-bond acceptors (Lipinski definition) is 7. The van der Waals surface area contributed by atoms with Gasteiger partial charge in [0.05, 0.1) is 24.9 Å². The third kappa shape index (κ3) is 10.4. The minimum atomic E-state index is -5.04. The van der Waals surface area contributed by atoms with E-state index in [2.05, 4.69) is 15.5 Å². The van der Waals surface area contributed by atoms with Crippen LogP contribution >= 0.6 is 0 Å². The minimum absolute atomic E-state index is 0.0574. The van der Waals surface area contributed by atoms with Gasteiger partial charge in [0.25, 0.3) is 0 Å². The van der Waals surface area contributed by atoms with E-state index < -0.39 is 30.3 Å². The molecule has 4 aliphatic rings. The lowest BCUT2D eigenvalue weighted by atomic mass is 9.75. The maximum atomic E-state index is 13.9. The first kappa shape index (κ1) is 42.8. The fourth-order valence-corrected chi connectivity index (χ4v) is 9.47. The Bertz CT molecular complexity index is 1950. The van der Waals surface area contributed by atoms with Crippen LogP contribution in [0.15, 0.2) is 72.8 Å². The fourth-order valence-electron chi connectivity index (χ4n) is 9.47.